The Kier molecular flexibility index (Phi) is 4.46. The maximum absolute atomic E-state index is 10.9. The lowest BCUT2D eigenvalue weighted by Crippen LogP contribution is -2.38. The Morgan fingerprint density at radius 1 is 1.44 bits per heavy atom. The highest BCUT2D eigenvalue weighted by atomic mass is 16.5. The number of benzene rings is 1. The zero-order valence-electron chi connectivity index (χ0n) is 9.56. The zero-order valence-corrected chi connectivity index (χ0v) is 9.56. The van der Waals surface area contributed by atoms with Gasteiger partial charge in [-0.1, -0.05) is 30.3 Å². The fourth-order valence-corrected chi connectivity index (χ4v) is 1.38. The minimum absolute atomic E-state index is 0.0967. The number of carbonyl (C=O) groups is 1. The topological polar surface area (TPSA) is 58.6 Å². The first-order valence-corrected chi connectivity index (χ1v) is 5.12. The molecule has 16 heavy (non-hydrogen) atoms. The van der Waals surface area contributed by atoms with E-state index in [0.29, 0.717) is 6.54 Å². The van der Waals surface area contributed by atoms with Crippen LogP contribution < -0.4 is 5.32 Å². The lowest BCUT2D eigenvalue weighted by molar-refractivity contribution is -0.139. The average Bonchev–Trinajstić information content (AvgIpc) is 2.30. The molecule has 4 nitrogen and oxygen atoms in total. The molecule has 0 saturated heterocycles. The normalized spacial score (nSPS) is 14.2. The van der Waals surface area contributed by atoms with Crippen molar-refractivity contribution in [2.24, 2.45) is 0 Å². The lowest BCUT2D eigenvalue weighted by atomic mass is 9.96. The fourth-order valence-electron chi connectivity index (χ4n) is 1.38. The van der Waals surface area contributed by atoms with E-state index in [2.05, 4.69) is 10.1 Å². The van der Waals surface area contributed by atoms with Crippen LogP contribution in [0.25, 0.3) is 0 Å². The smallest absolute Gasteiger partial charge is 0.319 e. The molecule has 1 unspecified atom stereocenters. The number of carbonyl (C=O) groups excluding carboxylic acids is 1. The second kappa shape index (κ2) is 5.63. The van der Waals surface area contributed by atoms with Crippen molar-refractivity contribution in [2.75, 3.05) is 20.2 Å². The number of nitrogens with one attached hydrogen (secondary N) is 1. The van der Waals surface area contributed by atoms with Crippen LogP contribution in [0.2, 0.25) is 0 Å². The molecule has 0 fully saturated rings. The molecule has 0 aliphatic carbocycles. The van der Waals surface area contributed by atoms with Crippen LogP contribution in [-0.2, 0) is 15.1 Å². The summed E-state index contributed by atoms with van der Waals surface area (Å²) >= 11 is 0. The first-order valence-electron chi connectivity index (χ1n) is 5.12. The van der Waals surface area contributed by atoms with Crippen LogP contribution in [0.15, 0.2) is 30.3 Å². The summed E-state index contributed by atoms with van der Waals surface area (Å²) in [6.07, 6.45) is 0. The number of hydrogen-bond acceptors (Lipinski definition) is 4. The van der Waals surface area contributed by atoms with Gasteiger partial charge in [-0.05, 0) is 12.5 Å². The summed E-state index contributed by atoms with van der Waals surface area (Å²) in [5, 5.41) is 13.0. The van der Waals surface area contributed by atoms with Gasteiger partial charge in [0.05, 0.1) is 19.3 Å². The molecule has 0 heterocycles. The first kappa shape index (κ1) is 12.7. The van der Waals surface area contributed by atoms with Gasteiger partial charge in [0.15, 0.2) is 0 Å². The van der Waals surface area contributed by atoms with Gasteiger partial charge in [0.25, 0.3) is 0 Å². The molecule has 88 valence electrons. The van der Waals surface area contributed by atoms with Crippen molar-refractivity contribution in [3.8, 4) is 0 Å². The number of hydrogen-bond donors (Lipinski definition) is 2. The van der Waals surface area contributed by atoms with Gasteiger partial charge in [-0.3, -0.25) is 4.79 Å². The van der Waals surface area contributed by atoms with Gasteiger partial charge < -0.3 is 15.2 Å². The Balaban J connectivity index is 2.49. The summed E-state index contributed by atoms with van der Waals surface area (Å²) in [6, 6.07) is 9.31. The Morgan fingerprint density at radius 3 is 2.62 bits per heavy atom. The summed E-state index contributed by atoms with van der Waals surface area (Å²) in [5.41, 5.74) is -0.178. The fraction of sp³-hybridized carbons (Fsp3) is 0.417. The number of aliphatic hydroxyl groups is 1. The molecule has 1 aromatic rings. The molecule has 1 aromatic carbocycles. The molecule has 0 aliphatic rings. The lowest BCUT2D eigenvalue weighted by Gasteiger charge is -2.24. The minimum atomic E-state index is -0.991. The third-order valence-corrected chi connectivity index (χ3v) is 2.36. The highest BCUT2D eigenvalue weighted by Crippen LogP contribution is 2.18. The summed E-state index contributed by atoms with van der Waals surface area (Å²) < 4.78 is 4.49. The Labute approximate surface area is 95.2 Å². The van der Waals surface area contributed by atoms with Gasteiger partial charge in [-0.2, -0.15) is 0 Å². The summed E-state index contributed by atoms with van der Waals surface area (Å²) in [5.74, 6) is -0.344. The van der Waals surface area contributed by atoms with E-state index in [0.717, 1.165) is 5.56 Å². The average molecular weight is 223 g/mol. The molecule has 2 N–H and O–H groups in total. The van der Waals surface area contributed by atoms with E-state index in [1.807, 2.05) is 30.3 Å². The van der Waals surface area contributed by atoms with E-state index < -0.39 is 5.60 Å². The Morgan fingerprint density at radius 2 is 2.06 bits per heavy atom. The largest absolute Gasteiger partial charge is 0.468 e. The van der Waals surface area contributed by atoms with Crippen LogP contribution in [0.3, 0.4) is 0 Å². The van der Waals surface area contributed by atoms with Crippen molar-refractivity contribution in [3.63, 3.8) is 0 Å². The monoisotopic (exact) mass is 223 g/mol. The van der Waals surface area contributed by atoms with Crippen molar-refractivity contribution < 1.29 is 14.6 Å². The summed E-state index contributed by atoms with van der Waals surface area (Å²) in [6.45, 7) is 2.10. The van der Waals surface area contributed by atoms with Gasteiger partial charge >= 0.3 is 5.97 Å². The van der Waals surface area contributed by atoms with Crippen molar-refractivity contribution in [1.29, 1.82) is 0 Å². The van der Waals surface area contributed by atoms with Gasteiger partial charge in [-0.15, -0.1) is 0 Å². The van der Waals surface area contributed by atoms with Crippen LogP contribution in [0.4, 0.5) is 0 Å². The molecular formula is C12H17NO3. The van der Waals surface area contributed by atoms with E-state index >= 15 is 0 Å². The molecule has 4 heteroatoms. The number of esters is 1. The van der Waals surface area contributed by atoms with Crippen molar-refractivity contribution in [1.82, 2.24) is 5.32 Å². The second-order valence-electron chi connectivity index (χ2n) is 3.82. The molecule has 0 spiro atoms. The predicted molar refractivity (Wildman–Crippen MR) is 60.9 cm³/mol. The molecule has 0 bridgehead atoms. The van der Waals surface area contributed by atoms with Gasteiger partial charge in [0, 0.05) is 6.54 Å². The maximum atomic E-state index is 10.9. The molecule has 1 rings (SSSR count). The van der Waals surface area contributed by atoms with Crippen LogP contribution >= 0.6 is 0 Å². The molecule has 1 atom stereocenters. The van der Waals surface area contributed by atoms with Crippen LogP contribution in [0, 0.1) is 0 Å². The quantitative estimate of drug-likeness (QED) is 0.720. The van der Waals surface area contributed by atoms with Crippen molar-refractivity contribution >= 4 is 5.97 Å². The van der Waals surface area contributed by atoms with Crippen LogP contribution in [0.1, 0.15) is 12.5 Å². The SMILES string of the molecule is COC(=O)CNCC(C)(O)c1ccccc1. The maximum Gasteiger partial charge on any atom is 0.319 e. The van der Waals surface area contributed by atoms with Crippen molar-refractivity contribution in [3.05, 3.63) is 35.9 Å². The molecule has 0 aliphatic heterocycles. The molecule has 0 amide bonds. The van der Waals surface area contributed by atoms with E-state index in [4.69, 9.17) is 0 Å². The second-order valence-corrected chi connectivity index (χ2v) is 3.82. The Hall–Kier alpha value is -1.39. The molecule has 0 aromatic heterocycles. The third-order valence-electron chi connectivity index (χ3n) is 2.36. The van der Waals surface area contributed by atoms with E-state index in [9.17, 15) is 9.90 Å². The van der Waals surface area contributed by atoms with Gasteiger partial charge in [0.2, 0.25) is 0 Å². The van der Waals surface area contributed by atoms with E-state index in [-0.39, 0.29) is 12.5 Å². The third kappa shape index (κ3) is 3.64. The standard InChI is InChI=1S/C12H17NO3/c1-12(15,9-13-8-11(14)16-2)10-6-4-3-5-7-10/h3-7,13,15H,8-9H2,1-2H3. The molecule has 0 saturated carbocycles. The summed E-state index contributed by atoms with van der Waals surface area (Å²) in [4.78, 5) is 10.9. The van der Waals surface area contributed by atoms with Crippen molar-refractivity contribution in [2.45, 2.75) is 12.5 Å². The van der Waals surface area contributed by atoms with Crippen LogP contribution in [0.5, 0.6) is 0 Å². The van der Waals surface area contributed by atoms with Crippen LogP contribution in [-0.4, -0.2) is 31.3 Å². The van der Waals surface area contributed by atoms with Gasteiger partial charge in [-0.25, -0.2) is 0 Å². The van der Waals surface area contributed by atoms with Gasteiger partial charge in [0.1, 0.15) is 0 Å². The Bertz CT molecular complexity index is 335. The summed E-state index contributed by atoms with van der Waals surface area (Å²) in [7, 11) is 1.33. The minimum Gasteiger partial charge on any atom is -0.468 e. The molecule has 0 radical (unpaired) electrons. The number of methoxy groups -OCH3 is 1. The molecular weight excluding hydrogens is 206 g/mol. The number of rotatable bonds is 5. The predicted octanol–water partition coefficient (Wildman–Crippen LogP) is 0.657. The number of ether oxygens (including phenoxy) is 1. The van der Waals surface area contributed by atoms with E-state index in [1.165, 1.54) is 7.11 Å². The zero-order chi connectivity index (χ0) is 12.0. The van der Waals surface area contributed by atoms with E-state index in [1.54, 1.807) is 6.92 Å². The highest BCUT2D eigenvalue weighted by molar-refractivity contribution is 5.71. The first-order chi connectivity index (χ1) is 7.56. The highest BCUT2D eigenvalue weighted by Gasteiger charge is 2.22.